The van der Waals surface area contributed by atoms with Crippen LogP contribution in [0.25, 0.3) is 0 Å². The third-order valence-corrected chi connectivity index (χ3v) is 3.15. The van der Waals surface area contributed by atoms with E-state index in [1.807, 2.05) is 18.2 Å². The van der Waals surface area contributed by atoms with Crippen molar-refractivity contribution in [1.29, 1.82) is 0 Å². The van der Waals surface area contributed by atoms with Crippen LogP contribution in [0, 0.1) is 0 Å². The maximum Gasteiger partial charge on any atom is 0.141 e. The molecule has 5 heteroatoms. The second kappa shape index (κ2) is 7.76. The molecule has 0 saturated carbocycles. The first kappa shape index (κ1) is 15.5. The largest absolute Gasteiger partial charge is 0.409 e. The molecule has 106 valence electrons. The van der Waals surface area contributed by atoms with E-state index in [-0.39, 0.29) is 11.9 Å². The summed E-state index contributed by atoms with van der Waals surface area (Å²) >= 11 is 0. The SMILES string of the molecule is CN(C)CCN(C)C(C/C(N)=N/O)c1ccccc1. The van der Waals surface area contributed by atoms with E-state index >= 15 is 0 Å². The quantitative estimate of drug-likeness (QED) is 0.338. The van der Waals surface area contributed by atoms with Crippen LogP contribution in [0.3, 0.4) is 0 Å². The van der Waals surface area contributed by atoms with Gasteiger partial charge in [0.2, 0.25) is 0 Å². The van der Waals surface area contributed by atoms with Crippen molar-refractivity contribution in [3.63, 3.8) is 0 Å². The standard InChI is InChI=1S/C14H24N4O/c1-17(2)9-10-18(3)13(11-14(15)16-19)12-7-5-4-6-8-12/h4-8,13,19H,9-11H2,1-3H3,(H2,15,16). The zero-order valence-corrected chi connectivity index (χ0v) is 12.0. The average Bonchev–Trinajstić information content (AvgIpc) is 2.42. The molecule has 0 aliphatic heterocycles. The summed E-state index contributed by atoms with van der Waals surface area (Å²) in [6, 6.07) is 10.3. The van der Waals surface area contributed by atoms with Crippen molar-refractivity contribution in [2.75, 3.05) is 34.2 Å². The molecular weight excluding hydrogens is 240 g/mol. The second-order valence-electron chi connectivity index (χ2n) is 5.01. The molecule has 0 aromatic heterocycles. The van der Waals surface area contributed by atoms with Gasteiger partial charge in [0.25, 0.3) is 0 Å². The molecule has 0 fully saturated rings. The highest BCUT2D eigenvalue weighted by molar-refractivity contribution is 5.80. The fourth-order valence-electron chi connectivity index (χ4n) is 1.96. The van der Waals surface area contributed by atoms with Gasteiger partial charge in [0.1, 0.15) is 5.84 Å². The smallest absolute Gasteiger partial charge is 0.141 e. The van der Waals surface area contributed by atoms with Gasteiger partial charge in [0.15, 0.2) is 0 Å². The minimum Gasteiger partial charge on any atom is -0.409 e. The van der Waals surface area contributed by atoms with Crippen molar-refractivity contribution in [3.05, 3.63) is 35.9 Å². The van der Waals surface area contributed by atoms with Crippen LogP contribution in [0.4, 0.5) is 0 Å². The van der Waals surface area contributed by atoms with Crippen LogP contribution in [0.2, 0.25) is 0 Å². The molecule has 1 aromatic carbocycles. The molecular formula is C14H24N4O. The Morgan fingerprint density at radius 3 is 2.37 bits per heavy atom. The van der Waals surface area contributed by atoms with Crippen LogP contribution in [0.5, 0.6) is 0 Å². The molecule has 0 bridgehead atoms. The summed E-state index contributed by atoms with van der Waals surface area (Å²) < 4.78 is 0. The highest BCUT2D eigenvalue weighted by Gasteiger charge is 2.18. The molecule has 5 nitrogen and oxygen atoms in total. The molecule has 3 N–H and O–H groups in total. The van der Waals surface area contributed by atoms with Crippen molar-refractivity contribution in [2.45, 2.75) is 12.5 Å². The third-order valence-electron chi connectivity index (χ3n) is 3.15. The van der Waals surface area contributed by atoms with Crippen LogP contribution in [-0.2, 0) is 0 Å². The van der Waals surface area contributed by atoms with Crippen molar-refractivity contribution < 1.29 is 5.21 Å². The number of nitrogens with zero attached hydrogens (tertiary/aromatic N) is 3. The zero-order chi connectivity index (χ0) is 14.3. The maximum absolute atomic E-state index is 8.77. The lowest BCUT2D eigenvalue weighted by Gasteiger charge is -2.29. The highest BCUT2D eigenvalue weighted by atomic mass is 16.4. The van der Waals surface area contributed by atoms with E-state index in [0.717, 1.165) is 13.1 Å². The Labute approximate surface area is 115 Å². The van der Waals surface area contributed by atoms with E-state index in [0.29, 0.717) is 6.42 Å². The summed E-state index contributed by atoms with van der Waals surface area (Å²) in [6.07, 6.45) is 0.518. The van der Waals surface area contributed by atoms with E-state index in [1.165, 1.54) is 5.56 Å². The molecule has 1 rings (SSSR count). The second-order valence-corrected chi connectivity index (χ2v) is 5.01. The maximum atomic E-state index is 8.77. The monoisotopic (exact) mass is 264 g/mol. The summed E-state index contributed by atoms with van der Waals surface area (Å²) in [5.74, 6) is 0.255. The van der Waals surface area contributed by atoms with Crippen LogP contribution in [-0.4, -0.2) is 55.1 Å². The number of hydrogen-bond acceptors (Lipinski definition) is 4. The minimum absolute atomic E-state index is 0.122. The lowest BCUT2D eigenvalue weighted by molar-refractivity contribution is 0.220. The first-order valence-corrected chi connectivity index (χ1v) is 6.41. The van der Waals surface area contributed by atoms with Gasteiger partial charge in [-0.25, -0.2) is 0 Å². The molecule has 0 aliphatic carbocycles. The predicted molar refractivity (Wildman–Crippen MR) is 78.4 cm³/mol. The molecule has 0 radical (unpaired) electrons. The van der Waals surface area contributed by atoms with Gasteiger partial charge in [0, 0.05) is 25.6 Å². The van der Waals surface area contributed by atoms with Gasteiger partial charge in [-0.15, -0.1) is 0 Å². The van der Waals surface area contributed by atoms with E-state index in [1.54, 1.807) is 0 Å². The normalized spacial score (nSPS) is 14.1. The number of amidine groups is 1. The number of likely N-dealkylation sites (N-methyl/N-ethyl adjacent to an activating group) is 2. The average molecular weight is 264 g/mol. The Morgan fingerprint density at radius 1 is 1.21 bits per heavy atom. The van der Waals surface area contributed by atoms with E-state index in [4.69, 9.17) is 10.9 Å². The summed E-state index contributed by atoms with van der Waals surface area (Å²) in [7, 11) is 6.16. The molecule has 1 aromatic rings. The number of oxime groups is 1. The number of nitrogens with two attached hydrogens (primary N) is 1. The number of hydrogen-bond donors (Lipinski definition) is 2. The van der Waals surface area contributed by atoms with Gasteiger partial charge in [0.05, 0.1) is 0 Å². The molecule has 0 saturated heterocycles. The molecule has 1 atom stereocenters. The molecule has 0 aliphatic rings. The highest BCUT2D eigenvalue weighted by Crippen LogP contribution is 2.22. The van der Waals surface area contributed by atoms with E-state index in [9.17, 15) is 0 Å². The van der Waals surface area contributed by atoms with Crippen molar-refractivity contribution >= 4 is 5.84 Å². The van der Waals surface area contributed by atoms with E-state index < -0.39 is 0 Å². The summed E-state index contributed by atoms with van der Waals surface area (Å²) in [5.41, 5.74) is 6.84. The molecule has 0 spiro atoms. The van der Waals surface area contributed by atoms with Crippen LogP contribution in [0.1, 0.15) is 18.0 Å². The van der Waals surface area contributed by atoms with E-state index in [2.05, 4.69) is 48.2 Å². The van der Waals surface area contributed by atoms with Crippen LogP contribution >= 0.6 is 0 Å². The Morgan fingerprint density at radius 2 is 1.84 bits per heavy atom. The zero-order valence-electron chi connectivity index (χ0n) is 12.0. The van der Waals surface area contributed by atoms with Crippen molar-refractivity contribution in [1.82, 2.24) is 9.80 Å². The first-order valence-electron chi connectivity index (χ1n) is 6.41. The molecule has 19 heavy (non-hydrogen) atoms. The lowest BCUT2D eigenvalue weighted by atomic mass is 10.0. The Kier molecular flexibility index (Phi) is 6.32. The van der Waals surface area contributed by atoms with Gasteiger partial charge in [-0.1, -0.05) is 35.5 Å². The number of rotatable bonds is 7. The van der Waals surface area contributed by atoms with Crippen LogP contribution in [0.15, 0.2) is 35.5 Å². The lowest BCUT2D eigenvalue weighted by Crippen LogP contribution is -2.34. The van der Waals surface area contributed by atoms with Gasteiger partial charge < -0.3 is 15.8 Å². The number of benzene rings is 1. The fourth-order valence-corrected chi connectivity index (χ4v) is 1.96. The van der Waals surface area contributed by atoms with Gasteiger partial charge in [-0.2, -0.15) is 0 Å². The molecule has 0 heterocycles. The summed E-state index contributed by atoms with van der Waals surface area (Å²) in [4.78, 5) is 4.37. The minimum atomic E-state index is 0.122. The summed E-state index contributed by atoms with van der Waals surface area (Å²) in [6.45, 7) is 1.89. The molecule has 1 unspecified atom stereocenters. The Hall–Kier alpha value is -1.59. The first-order chi connectivity index (χ1) is 9.04. The van der Waals surface area contributed by atoms with Crippen LogP contribution < -0.4 is 5.73 Å². The van der Waals surface area contributed by atoms with Crippen molar-refractivity contribution in [2.24, 2.45) is 10.9 Å². The summed E-state index contributed by atoms with van der Waals surface area (Å²) in [5, 5.41) is 11.9. The van der Waals surface area contributed by atoms with Gasteiger partial charge in [-0.3, -0.25) is 4.90 Å². The Balaban J connectivity index is 2.80. The van der Waals surface area contributed by atoms with Gasteiger partial charge >= 0.3 is 0 Å². The van der Waals surface area contributed by atoms with Crippen molar-refractivity contribution in [3.8, 4) is 0 Å². The topological polar surface area (TPSA) is 65.1 Å². The molecule has 0 amide bonds. The Bertz CT molecular complexity index is 392. The third kappa shape index (κ3) is 5.28. The fraction of sp³-hybridized carbons (Fsp3) is 0.500. The van der Waals surface area contributed by atoms with Gasteiger partial charge in [-0.05, 0) is 26.7 Å². The predicted octanol–water partition coefficient (Wildman–Crippen LogP) is 1.36.